The lowest BCUT2D eigenvalue weighted by molar-refractivity contribution is 0.574. The topological polar surface area (TPSA) is 69.8 Å². The van der Waals surface area contributed by atoms with E-state index >= 15 is 0 Å². The van der Waals surface area contributed by atoms with Crippen molar-refractivity contribution in [2.24, 2.45) is 0 Å². The molecule has 0 saturated carbocycles. The summed E-state index contributed by atoms with van der Waals surface area (Å²) in [5.74, 6) is 0. The summed E-state index contributed by atoms with van der Waals surface area (Å²) >= 11 is 0. The second-order valence-corrected chi connectivity index (χ2v) is 6.47. The molecule has 98 valence electrons. The monoisotopic (exact) mass is 288 g/mol. The van der Waals surface area contributed by atoms with E-state index in [9.17, 15) is 8.42 Å². The van der Waals surface area contributed by atoms with Crippen LogP contribution in [-0.2, 0) is 22.1 Å². The number of aryl methyl sites for hydroxylation is 2. The number of hydrogen-bond donors (Lipinski definition) is 0. The smallest absolute Gasteiger partial charge is 0.264 e. The van der Waals surface area contributed by atoms with E-state index in [1.165, 1.54) is 17.1 Å². The average molecular weight is 289 g/mol. The van der Waals surface area contributed by atoms with E-state index in [1.54, 1.807) is 0 Å². The third-order valence-corrected chi connectivity index (χ3v) is 3.81. The van der Waals surface area contributed by atoms with Crippen LogP contribution in [0.15, 0.2) is 23.4 Å². The highest BCUT2D eigenvalue weighted by molar-refractivity contribution is 8.13. The van der Waals surface area contributed by atoms with Gasteiger partial charge in [0.1, 0.15) is 4.90 Å². The fourth-order valence-corrected chi connectivity index (χ4v) is 2.38. The van der Waals surface area contributed by atoms with Crippen LogP contribution in [0.1, 0.15) is 18.3 Å². The van der Waals surface area contributed by atoms with Crippen LogP contribution in [0.3, 0.4) is 0 Å². The van der Waals surface area contributed by atoms with Gasteiger partial charge in [-0.15, -0.1) is 0 Å². The molecule has 0 unspecified atom stereocenters. The molecule has 18 heavy (non-hydrogen) atoms. The minimum absolute atomic E-state index is 0.00320. The normalized spacial score (nSPS) is 11.9. The summed E-state index contributed by atoms with van der Waals surface area (Å²) in [6.07, 6.45) is 2.65. The molecule has 0 amide bonds. The Labute approximate surface area is 110 Å². The average Bonchev–Trinajstić information content (AvgIpc) is 2.85. The predicted molar refractivity (Wildman–Crippen MR) is 67.0 cm³/mol. The van der Waals surface area contributed by atoms with Gasteiger partial charge in [-0.1, -0.05) is 0 Å². The quantitative estimate of drug-likeness (QED) is 0.797. The fraction of sp³-hybridized carbons (Fsp3) is 0.400. The summed E-state index contributed by atoms with van der Waals surface area (Å²) in [6, 6.07) is 1.94. The van der Waals surface area contributed by atoms with Gasteiger partial charge in [0.25, 0.3) is 9.05 Å². The lowest BCUT2D eigenvalue weighted by Crippen LogP contribution is -2.08. The molecular formula is C10H13ClN4O2S. The van der Waals surface area contributed by atoms with Gasteiger partial charge in [-0.05, 0) is 19.9 Å². The molecule has 0 fully saturated rings. The summed E-state index contributed by atoms with van der Waals surface area (Å²) in [5.41, 5.74) is 1.89. The summed E-state index contributed by atoms with van der Waals surface area (Å²) in [7, 11) is 1.52. The first-order valence-electron chi connectivity index (χ1n) is 5.40. The Hall–Kier alpha value is -1.34. The molecule has 0 spiro atoms. The highest BCUT2D eigenvalue weighted by Gasteiger charge is 2.13. The molecule has 0 aromatic carbocycles. The van der Waals surface area contributed by atoms with Gasteiger partial charge >= 0.3 is 0 Å². The molecule has 6 nitrogen and oxygen atoms in total. The van der Waals surface area contributed by atoms with Gasteiger partial charge in [-0.2, -0.15) is 10.2 Å². The van der Waals surface area contributed by atoms with Crippen LogP contribution in [0.2, 0.25) is 0 Å². The van der Waals surface area contributed by atoms with Gasteiger partial charge in [0.15, 0.2) is 0 Å². The predicted octanol–water partition coefficient (Wildman–Crippen LogP) is 1.38. The van der Waals surface area contributed by atoms with E-state index in [0.29, 0.717) is 6.54 Å². The zero-order valence-electron chi connectivity index (χ0n) is 10.0. The van der Waals surface area contributed by atoms with Crippen molar-refractivity contribution in [3.8, 4) is 0 Å². The molecule has 0 N–H and O–H groups in total. The Morgan fingerprint density at radius 3 is 2.72 bits per heavy atom. The Morgan fingerprint density at radius 1 is 1.44 bits per heavy atom. The van der Waals surface area contributed by atoms with E-state index in [0.717, 1.165) is 17.9 Å². The van der Waals surface area contributed by atoms with Crippen LogP contribution in [-0.4, -0.2) is 28.0 Å². The first-order chi connectivity index (χ1) is 8.40. The van der Waals surface area contributed by atoms with E-state index in [4.69, 9.17) is 10.7 Å². The lowest BCUT2D eigenvalue weighted by atomic mass is 10.3. The molecule has 0 atom stereocenters. The first-order valence-corrected chi connectivity index (χ1v) is 7.71. The minimum Gasteiger partial charge on any atom is -0.268 e. The zero-order chi connectivity index (χ0) is 13.3. The second-order valence-electron chi connectivity index (χ2n) is 3.90. The molecule has 0 aliphatic heterocycles. The van der Waals surface area contributed by atoms with Crippen molar-refractivity contribution in [1.82, 2.24) is 19.6 Å². The highest BCUT2D eigenvalue weighted by atomic mass is 35.7. The second kappa shape index (κ2) is 4.74. The SMILES string of the molecule is CCn1nc(C)cc1Cn1cc(S(=O)(=O)Cl)cn1. The van der Waals surface area contributed by atoms with Crippen LogP contribution in [0.4, 0.5) is 0 Å². The summed E-state index contributed by atoms with van der Waals surface area (Å²) in [5, 5.41) is 8.29. The van der Waals surface area contributed by atoms with Crippen LogP contribution in [0, 0.1) is 6.92 Å². The lowest BCUT2D eigenvalue weighted by Gasteiger charge is -2.04. The van der Waals surface area contributed by atoms with E-state index < -0.39 is 9.05 Å². The van der Waals surface area contributed by atoms with Gasteiger partial charge < -0.3 is 0 Å². The highest BCUT2D eigenvalue weighted by Crippen LogP contribution is 2.14. The van der Waals surface area contributed by atoms with E-state index in [-0.39, 0.29) is 4.90 Å². The van der Waals surface area contributed by atoms with Crippen molar-refractivity contribution in [2.75, 3.05) is 0 Å². The molecule has 2 heterocycles. The minimum atomic E-state index is -3.72. The number of hydrogen-bond acceptors (Lipinski definition) is 4. The largest absolute Gasteiger partial charge is 0.268 e. The van der Waals surface area contributed by atoms with Crippen molar-refractivity contribution < 1.29 is 8.42 Å². The fourth-order valence-electron chi connectivity index (χ4n) is 1.72. The van der Waals surface area contributed by atoms with Crippen molar-refractivity contribution in [1.29, 1.82) is 0 Å². The van der Waals surface area contributed by atoms with Crippen molar-refractivity contribution in [3.63, 3.8) is 0 Å². The van der Waals surface area contributed by atoms with Crippen LogP contribution < -0.4 is 0 Å². The Bertz CT molecular complexity index is 659. The van der Waals surface area contributed by atoms with Crippen molar-refractivity contribution in [3.05, 3.63) is 29.8 Å². The maximum Gasteiger partial charge on any atom is 0.264 e. The van der Waals surface area contributed by atoms with E-state index in [2.05, 4.69) is 10.2 Å². The van der Waals surface area contributed by atoms with Gasteiger partial charge in [0, 0.05) is 23.4 Å². The molecule has 0 bridgehead atoms. The maximum atomic E-state index is 11.1. The van der Waals surface area contributed by atoms with E-state index in [1.807, 2.05) is 24.6 Å². The number of nitrogens with zero attached hydrogens (tertiary/aromatic N) is 4. The number of rotatable bonds is 4. The standard InChI is InChI=1S/C10H13ClN4O2S/c1-3-15-9(4-8(2)13-15)6-14-7-10(5-12-14)18(11,16)17/h4-5,7H,3,6H2,1-2H3. The zero-order valence-corrected chi connectivity index (χ0v) is 11.6. The molecule has 2 aromatic rings. The third-order valence-electron chi connectivity index (χ3n) is 2.50. The van der Waals surface area contributed by atoms with Crippen LogP contribution >= 0.6 is 10.7 Å². The number of aromatic nitrogens is 4. The maximum absolute atomic E-state index is 11.1. The van der Waals surface area contributed by atoms with Crippen molar-refractivity contribution >= 4 is 19.7 Å². The molecule has 0 radical (unpaired) electrons. The van der Waals surface area contributed by atoms with Crippen LogP contribution in [0.5, 0.6) is 0 Å². The molecular weight excluding hydrogens is 276 g/mol. The first kappa shape index (κ1) is 13.1. The molecule has 0 saturated heterocycles. The van der Waals surface area contributed by atoms with Gasteiger partial charge in [0.05, 0.1) is 24.1 Å². The molecule has 2 rings (SSSR count). The summed E-state index contributed by atoms with van der Waals surface area (Å²) in [6.45, 7) is 5.12. The summed E-state index contributed by atoms with van der Waals surface area (Å²) in [4.78, 5) is 0.00320. The Morgan fingerprint density at radius 2 is 2.17 bits per heavy atom. The van der Waals surface area contributed by atoms with Gasteiger partial charge in [-0.3, -0.25) is 9.36 Å². The molecule has 8 heteroatoms. The van der Waals surface area contributed by atoms with Gasteiger partial charge in [0.2, 0.25) is 0 Å². The van der Waals surface area contributed by atoms with Crippen molar-refractivity contribution in [2.45, 2.75) is 31.8 Å². The third kappa shape index (κ3) is 2.73. The Balaban J connectivity index is 2.26. The molecule has 0 aliphatic rings. The molecule has 0 aliphatic carbocycles. The summed E-state index contributed by atoms with van der Waals surface area (Å²) < 4.78 is 25.6. The number of halogens is 1. The molecule has 2 aromatic heterocycles. The van der Waals surface area contributed by atoms with Gasteiger partial charge in [-0.25, -0.2) is 8.42 Å². The Kier molecular flexibility index (Phi) is 3.45. The van der Waals surface area contributed by atoms with Crippen LogP contribution in [0.25, 0.3) is 0 Å².